The molecule has 0 saturated carbocycles. The van der Waals surface area contributed by atoms with Crippen molar-refractivity contribution in [3.63, 3.8) is 0 Å². The molecular weight excluding hydrogens is 1700 g/mol. The predicted molar refractivity (Wildman–Crippen MR) is 517 cm³/mol. The van der Waals surface area contributed by atoms with Crippen LogP contribution in [0, 0.1) is 6.07 Å². The van der Waals surface area contributed by atoms with Gasteiger partial charge < -0.3 is 4.98 Å². The Balaban J connectivity index is 0.000000126. The summed E-state index contributed by atoms with van der Waals surface area (Å²) >= 11 is 0. The molecule has 1 radical (unpaired) electrons. The van der Waals surface area contributed by atoms with Gasteiger partial charge in [-0.3, -0.25) is 4.79 Å². The molecule has 126 heavy (non-hydrogen) atoms. The van der Waals surface area contributed by atoms with Crippen molar-refractivity contribution in [2.75, 3.05) is 0 Å². The van der Waals surface area contributed by atoms with Gasteiger partial charge in [0, 0.05) is 37.4 Å². The minimum absolute atomic E-state index is 0. The summed E-state index contributed by atoms with van der Waals surface area (Å²) in [5.74, 6) is 0.0435. The van der Waals surface area contributed by atoms with E-state index in [1.807, 2.05) is 60.8 Å². The zero-order valence-corrected chi connectivity index (χ0v) is 73.5. The first-order valence-corrected chi connectivity index (χ1v) is 43.8. The zero-order chi connectivity index (χ0) is 84.1. The number of aromatic nitrogens is 1. The maximum Gasteiger partial charge on any atom is 0.193 e. The van der Waals surface area contributed by atoms with E-state index in [9.17, 15) is 4.79 Å². The molecule has 1 aromatic heterocycles. The van der Waals surface area contributed by atoms with E-state index in [0.717, 1.165) is 11.3 Å². The fourth-order valence-electron chi connectivity index (χ4n) is 22.0. The summed E-state index contributed by atoms with van der Waals surface area (Å²) in [5.41, 5.74) is 45.4. The van der Waals surface area contributed by atoms with Crippen LogP contribution < -0.4 is 0 Å². The Morgan fingerprint density at radius 3 is 0.889 bits per heavy atom. The van der Waals surface area contributed by atoms with Gasteiger partial charge in [0.25, 0.3) is 0 Å². The summed E-state index contributed by atoms with van der Waals surface area (Å²) in [6.07, 6.45) is 1.85. The molecule has 601 valence electrons. The van der Waals surface area contributed by atoms with Gasteiger partial charge in [-0.1, -0.05) is 406 Å². The Bertz CT molecular complexity index is 7080. The third kappa shape index (κ3) is 11.8. The molecule has 25 rings (SSSR count). The van der Waals surface area contributed by atoms with Crippen molar-refractivity contribution in [1.29, 1.82) is 0 Å². The molecule has 0 amide bonds. The van der Waals surface area contributed by atoms with E-state index in [-0.39, 0.29) is 36.7 Å². The minimum Gasteiger partial charge on any atom is -0.304 e. The van der Waals surface area contributed by atoms with Gasteiger partial charge in [-0.25, -0.2) is 0 Å². The van der Waals surface area contributed by atoms with Crippen LogP contribution in [0.25, 0.3) is 133 Å². The van der Waals surface area contributed by atoms with Crippen LogP contribution >= 0.6 is 0 Å². The van der Waals surface area contributed by atoms with E-state index < -0.39 is 16.2 Å². The first-order valence-electron chi connectivity index (χ1n) is 43.8. The Hall–Kier alpha value is -14.3. The molecule has 0 N–H and O–H groups in total. The Morgan fingerprint density at radius 1 is 0.246 bits per heavy atom. The molecule has 0 aliphatic heterocycles. The molecule has 6 aliphatic rings. The zero-order valence-electron chi connectivity index (χ0n) is 71.1. The molecule has 18 aromatic carbocycles. The number of hydrogen-bond acceptors (Lipinski definition) is 2. The molecule has 1 heterocycles. The maximum absolute atomic E-state index is 15.0. The molecule has 0 atom stereocenters. The van der Waals surface area contributed by atoms with Crippen LogP contribution in [0.4, 0.5) is 0 Å². The van der Waals surface area contributed by atoms with Crippen molar-refractivity contribution >= 4 is 16.6 Å². The summed E-state index contributed by atoms with van der Waals surface area (Å²) in [6.45, 7) is 14.0. The van der Waals surface area contributed by atoms with Gasteiger partial charge >= 0.3 is 0 Å². The third-order valence-corrected chi connectivity index (χ3v) is 27.8. The first kappa shape index (κ1) is 77.7. The van der Waals surface area contributed by atoms with Gasteiger partial charge in [-0.15, -0.1) is 35.9 Å². The van der Waals surface area contributed by atoms with E-state index in [1.165, 1.54) is 200 Å². The fraction of sp³-hybridized carbons (Fsp3) is 0.0894. The molecule has 2 nitrogen and oxygen atoms in total. The number of hydrogen-bond donors (Lipinski definition) is 0. The van der Waals surface area contributed by atoms with Crippen LogP contribution in [0.15, 0.2) is 425 Å². The second kappa shape index (κ2) is 30.0. The largest absolute Gasteiger partial charge is 0.304 e. The van der Waals surface area contributed by atoms with Crippen molar-refractivity contribution in [3.05, 3.63) is 520 Å². The molecule has 0 unspecified atom stereocenters. The monoisotopic (exact) mass is 1790 g/mol. The summed E-state index contributed by atoms with van der Waals surface area (Å²) in [7, 11) is 0. The molecule has 0 fully saturated rings. The number of ketones is 1. The second-order valence-electron chi connectivity index (χ2n) is 36.5. The van der Waals surface area contributed by atoms with Crippen molar-refractivity contribution in [1.82, 2.24) is 4.98 Å². The summed E-state index contributed by atoms with van der Waals surface area (Å²) in [5, 5.41) is 2.39. The van der Waals surface area contributed by atoms with Crippen LogP contribution in [-0.2, 0) is 47.2 Å². The van der Waals surface area contributed by atoms with Crippen LogP contribution in [0.3, 0.4) is 0 Å². The predicted octanol–water partition coefficient (Wildman–Crippen LogP) is 30.6. The number of nitrogens with zero attached hydrogens (tertiary/aromatic N) is 1. The number of benzene rings is 18. The van der Waals surface area contributed by atoms with Gasteiger partial charge in [-0.05, 0) is 247 Å². The Labute approximate surface area is 751 Å². The van der Waals surface area contributed by atoms with Gasteiger partial charge in [-0.2, -0.15) is 0 Å². The molecule has 6 aliphatic carbocycles. The second-order valence-corrected chi connectivity index (χ2v) is 36.5. The SMILES string of the molecule is CC(C)(C)c1ccc2c(c1)C1(c3cc(-c4ccc(-c5ccccc5)cc4)ccc3-c3ccc(-c4ccc(-c5ccccc5)cc4)cc31)c1cc(C(C)(C)C)ccc1-2.O=C(c1ccc2c(c1)C1(c3ccccc3-c3ccccc31)c1ccccc1-2)c1ccc2c(c1)C1(c3ccccc3-c3ccccc31)c1ccccc1-2.[Ir].[c-]1ccccc1-c1nccc2ccccc12. The van der Waals surface area contributed by atoms with Crippen molar-refractivity contribution in [3.8, 4) is 123 Å². The number of carbonyl (C=O) groups excluding carboxylic acids is 1. The average Bonchev–Trinajstić information content (AvgIpc) is 1.52. The Kier molecular flexibility index (Phi) is 18.5. The van der Waals surface area contributed by atoms with Crippen LogP contribution in [-0.4, -0.2) is 10.8 Å². The Morgan fingerprint density at radius 2 is 0.524 bits per heavy atom. The maximum atomic E-state index is 15.0. The summed E-state index contributed by atoms with van der Waals surface area (Å²) in [6, 6.07) is 156. The summed E-state index contributed by atoms with van der Waals surface area (Å²) < 4.78 is 0. The normalized spacial score (nSPS) is 13.6. The number of fused-ring (bicyclic) bond motifs is 31. The van der Waals surface area contributed by atoms with Gasteiger partial charge in [0.05, 0.1) is 16.2 Å². The molecule has 0 saturated heterocycles. The van der Waals surface area contributed by atoms with Crippen LogP contribution in [0.5, 0.6) is 0 Å². The minimum atomic E-state index is -0.490. The topological polar surface area (TPSA) is 30.0 Å². The van der Waals surface area contributed by atoms with Gasteiger partial charge in [0.1, 0.15) is 0 Å². The van der Waals surface area contributed by atoms with E-state index in [0.29, 0.717) is 11.1 Å². The number of carbonyl (C=O) groups is 1. The number of pyridine rings is 1. The van der Waals surface area contributed by atoms with E-state index in [1.54, 1.807) is 0 Å². The van der Waals surface area contributed by atoms with E-state index in [2.05, 4.69) is 417 Å². The quantitative estimate of drug-likeness (QED) is 0.118. The molecule has 3 spiro atoms. The van der Waals surface area contributed by atoms with Crippen molar-refractivity contribution in [2.45, 2.75) is 68.6 Å². The summed E-state index contributed by atoms with van der Waals surface area (Å²) in [4.78, 5) is 19.4. The number of rotatable bonds is 7. The van der Waals surface area contributed by atoms with Crippen LogP contribution in [0.2, 0.25) is 0 Å². The van der Waals surface area contributed by atoms with E-state index >= 15 is 0 Å². The molecular formula is C123H88IrNO-. The van der Waals surface area contributed by atoms with Crippen molar-refractivity contribution < 1.29 is 24.9 Å². The smallest absolute Gasteiger partial charge is 0.193 e. The van der Waals surface area contributed by atoms with Gasteiger partial charge in [0.15, 0.2) is 5.78 Å². The molecule has 0 bridgehead atoms. The van der Waals surface area contributed by atoms with Crippen LogP contribution in [0.1, 0.15) is 135 Å². The standard InChI is InChI=1S/C57H48.C51H30O.C15H10N.Ir/c1-55(2,3)45-27-31-49-50-32-28-46(56(4,5)6)36-54(50)57(53(49)35-45)51-33-43(41-21-17-39(18-22-41)37-13-9-7-10-14-37)25-29-47(51)48-30-26-44(34-52(48)57)42-23-19-40(20-24-42)38-15-11-8-12-16-38;52-49(31-25-27-39-37-17-5-11-23-45(37)50(47(39)29-31)41-19-7-1-13-33(41)34-14-2-8-20-42(34)50)32-26-28-40-38-18-6-12-24-46(38)51(48(40)30-32)43-21-9-3-15-35(43)36-16-4-10-22-44(36)51;1-2-7-13(8-3-1)15-14-9-5-4-6-12(14)10-11-16-15;/h7-36H,1-6H3;1-30H;1-7,9-11H;/q;;-1;. The fourth-order valence-corrected chi connectivity index (χ4v) is 22.0. The third-order valence-electron chi connectivity index (χ3n) is 27.8. The van der Waals surface area contributed by atoms with Gasteiger partial charge in [0.2, 0.25) is 0 Å². The average molecular weight is 1790 g/mol. The van der Waals surface area contributed by atoms with E-state index in [4.69, 9.17) is 0 Å². The molecule has 19 aromatic rings. The molecule has 3 heteroatoms. The first-order chi connectivity index (χ1) is 61.2. The van der Waals surface area contributed by atoms with Crippen molar-refractivity contribution in [2.24, 2.45) is 0 Å².